The highest BCUT2D eigenvalue weighted by Gasteiger charge is 2.19. The summed E-state index contributed by atoms with van der Waals surface area (Å²) in [6.45, 7) is 0. The Morgan fingerprint density at radius 1 is 1.25 bits per heavy atom. The highest BCUT2D eigenvalue weighted by molar-refractivity contribution is 5.49. The molecule has 0 saturated carbocycles. The van der Waals surface area contributed by atoms with E-state index in [0.717, 1.165) is 12.8 Å². The Kier molecular flexibility index (Phi) is 1.82. The molecule has 1 N–H and O–H groups in total. The van der Waals surface area contributed by atoms with E-state index in [9.17, 15) is 4.79 Å². The zero-order valence-electron chi connectivity index (χ0n) is 6.71. The van der Waals surface area contributed by atoms with E-state index in [0.29, 0.717) is 0 Å². The van der Waals surface area contributed by atoms with Gasteiger partial charge in [0.15, 0.2) is 0 Å². The van der Waals surface area contributed by atoms with Crippen molar-refractivity contribution in [3.63, 3.8) is 0 Å². The van der Waals surface area contributed by atoms with Gasteiger partial charge in [0, 0.05) is 6.04 Å². The number of rotatable bonds is 2. The highest BCUT2D eigenvalue weighted by atomic mass is 16.1. The zero-order chi connectivity index (χ0) is 8.39. The Morgan fingerprint density at radius 2 is 1.83 bits per heavy atom. The number of amides is 1. The van der Waals surface area contributed by atoms with Crippen molar-refractivity contribution in [3.8, 4) is 0 Å². The van der Waals surface area contributed by atoms with Gasteiger partial charge in [-0.25, -0.2) is 0 Å². The lowest BCUT2D eigenvalue weighted by Crippen LogP contribution is -2.27. The number of fused-ring (bicyclic) bond motifs is 1. The number of hydrogen-bond donors (Lipinski definition) is 1. The summed E-state index contributed by atoms with van der Waals surface area (Å²) in [5, 5.41) is 2.69. The van der Waals surface area contributed by atoms with E-state index in [4.69, 9.17) is 0 Å². The third-order valence-corrected chi connectivity index (χ3v) is 2.31. The predicted octanol–water partition coefficient (Wildman–Crippen LogP) is 0.811. The Balaban J connectivity index is 2.16. The van der Waals surface area contributed by atoms with Gasteiger partial charge in [0.25, 0.3) is 0 Å². The van der Waals surface area contributed by atoms with Crippen molar-refractivity contribution >= 4 is 6.41 Å². The second-order valence-electron chi connectivity index (χ2n) is 3.12. The summed E-state index contributed by atoms with van der Waals surface area (Å²) in [5.74, 6) is 0. The molecule has 0 spiro atoms. The smallest absolute Gasteiger partial charge is 0.309 e. The van der Waals surface area contributed by atoms with Gasteiger partial charge in [0.05, 0.1) is 0 Å². The van der Waals surface area contributed by atoms with Gasteiger partial charge in [-0.2, -0.15) is 0 Å². The molecule has 0 aromatic heterocycles. The molecule has 0 unspecified atom stereocenters. The lowest BCUT2D eigenvalue weighted by atomic mass is 10.1. The number of hydrogen-bond acceptors (Lipinski definition) is 1. The van der Waals surface area contributed by atoms with E-state index in [2.05, 4.69) is 17.4 Å². The van der Waals surface area contributed by atoms with Crippen LogP contribution in [0.3, 0.4) is 0 Å². The minimum atomic E-state index is 0.264. The van der Waals surface area contributed by atoms with E-state index in [1.165, 1.54) is 11.1 Å². The van der Waals surface area contributed by atoms with Gasteiger partial charge in [-0.3, -0.25) is 4.79 Å². The Morgan fingerprint density at radius 3 is 2.33 bits per heavy atom. The Labute approximate surface area is 71.6 Å². The highest BCUT2D eigenvalue weighted by Crippen LogP contribution is 2.20. The third kappa shape index (κ3) is 1.20. The standard InChI is InChI=1S/C10H10NO/c12-7-11-10-5-8-3-1-2-4-9(8)6-10/h1-4,10H,5-6H2,(H,11,12). The first kappa shape index (κ1) is 7.35. The minimum absolute atomic E-state index is 0.264. The molecule has 0 bridgehead atoms. The maximum absolute atomic E-state index is 10.1. The summed E-state index contributed by atoms with van der Waals surface area (Å²) in [4.78, 5) is 10.1. The van der Waals surface area contributed by atoms with Gasteiger partial charge < -0.3 is 5.32 Å². The van der Waals surface area contributed by atoms with E-state index in [1.54, 1.807) is 6.41 Å². The lowest BCUT2D eigenvalue weighted by Gasteiger charge is -2.03. The van der Waals surface area contributed by atoms with Crippen molar-refractivity contribution in [2.45, 2.75) is 18.9 Å². The van der Waals surface area contributed by atoms with Crippen molar-refractivity contribution in [2.75, 3.05) is 0 Å². The van der Waals surface area contributed by atoms with Crippen LogP contribution in [0.15, 0.2) is 24.3 Å². The summed E-state index contributed by atoms with van der Waals surface area (Å²) < 4.78 is 0. The van der Waals surface area contributed by atoms with E-state index in [1.807, 2.05) is 12.1 Å². The van der Waals surface area contributed by atoms with E-state index < -0.39 is 0 Å². The van der Waals surface area contributed by atoms with Crippen molar-refractivity contribution in [3.05, 3.63) is 35.4 Å². The number of benzene rings is 1. The maximum atomic E-state index is 10.1. The van der Waals surface area contributed by atoms with Crippen molar-refractivity contribution in [2.24, 2.45) is 0 Å². The molecule has 2 rings (SSSR count). The predicted molar refractivity (Wildman–Crippen MR) is 46.5 cm³/mol. The number of nitrogens with one attached hydrogen (secondary N) is 1. The molecule has 0 heterocycles. The van der Waals surface area contributed by atoms with Gasteiger partial charge in [-0.05, 0) is 24.0 Å². The molecule has 1 aliphatic rings. The van der Waals surface area contributed by atoms with Crippen LogP contribution in [0.4, 0.5) is 0 Å². The molecule has 0 aliphatic heterocycles. The number of carbonyl (C=O) groups excluding carboxylic acids is 1. The molecule has 61 valence electrons. The third-order valence-electron chi connectivity index (χ3n) is 2.31. The average molecular weight is 160 g/mol. The fraction of sp³-hybridized carbons (Fsp3) is 0.300. The molecular formula is C10H10NO. The fourth-order valence-corrected chi connectivity index (χ4v) is 1.74. The monoisotopic (exact) mass is 160 g/mol. The summed E-state index contributed by atoms with van der Waals surface area (Å²) in [6, 6.07) is 8.56. The van der Waals surface area contributed by atoms with Gasteiger partial charge in [0.1, 0.15) is 0 Å². The first-order chi connectivity index (χ1) is 5.90. The van der Waals surface area contributed by atoms with Crippen LogP contribution in [0, 0.1) is 0 Å². The molecule has 0 fully saturated rings. The largest absolute Gasteiger partial charge is 0.344 e. The van der Waals surface area contributed by atoms with E-state index >= 15 is 0 Å². The summed E-state index contributed by atoms with van der Waals surface area (Å²) in [6.07, 6.45) is 3.64. The van der Waals surface area contributed by atoms with Crippen LogP contribution in [0.25, 0.3) is 0 Å². The molecule has 1 amide bonds. The van der Waals surface area contributed by atoms with Crippen LogP contribution in [0.2, 0.25) is 0 Å². The van der Waals surface area contributed by atoms with E-state index in [-0.39, 0.29) is 6.04 Å². The molecule has 1 radical (unpaired) electrons. The summed E-state index contributed by atoms with van der Waals surface area (Å²) in [5.41, 5.74) is 2.70. The molecule has 1 aromatic carbocycles. The van der Waals surface area contributed by atoms with Crippen molar-refractivity contribution in [1.82, 2.24) is 5.32 Å². The van der Waals surface area contributed by atoms with Gasteiger partial charge >= 0.3 is 6.41 Å². The first-order valence-corrected chi connectivity index (χ1v) is 4.09. The van der Waals surface area contributed by atoms with Crippen LogP contribution >= 0.6 is 0 Å². The first-order valence-electron chi connectivity index (χ1n) is 4.09. The minimum Gasteiger partial charge on any atom is -0.344 e. The van der Waals surface area contributed by atoms with Crippen molar-refractivity contribution in [1.29, 1.82) is 0 Å². The normalized spacial score (nSPS) is 15.7. The SMILES string of the molecule is O=[C]NC1Cc2ccccc2C1. The average Bonchev–Trinajstić information content (AvgIpc) is 2.47. The van der Waals surface area contributed by atoms with Crippen LogP contribution in [0.1, 0.15) is 11.1 Å². The Bertz CT molecular complexity index is 271. The van der Waals surface area contributed by atoms with Gasteiger partial charge in [0.2, 0.25) is 0 Å². The fourth-order valence-electron chi connectivity index (χ4n) is 1.74. The molecule has 0 atom stereocenters. The molecule has 1 aliphatic carbocycles. The van der Waals surface area contributed by atoms with Crippen LogP contribution < -0.4 is 5.32 Å². The van der Waals surface area contributed by atoms with Gasteiger partial charge in [-0.1, -0.05) is 24.3 Å². The second-order valence-corrected chi connectivity index (χ2v) is 3.12. The molecular weight excluding hydrogens is 150 g/mol. The van der Waals surface area contributed by atoms with Crippen LogP contribution in [0.5, 0.6) is 0 Å². The molecule has 12 heavy (non-hydrogen) atoms. The maximum Gasteiger partial charge on any atom is 0.309 e. The van der Waals surface area contributed by atoms with Crippen LogP contribution in [-0.2, 0) is 17.6 Å². The quantitative estimate of drug-likeness (QED) is 0.637. The zero-order valence-corrected chi connectivity index (χ0v) is 6.71. The summed E-state index contributed by atoms with van der Waals surface area (Å²) >= 11 is 0. The Hall–Kier alpha value is -1.31. The van der Waals surface area contributed by atoms with Crippen LogP contribution in [-0.4, -0.2) is 12.5 Å². The molecule has 2 nitrogen and oxygen atoms in total. The van der Waals surface area contributed by atoms with Gasteiger partial charge in [-0.15, -0.1) is 0 Å². The molecule has 1 aromatic rings. The van der Waals surface area contributed by atoms with Crippen molar-refractivity contribution < 1.29 is 4.79 Å². The molecule has 0 saturated heterocycles. The summed E-state index contributed by atoms with van der Waals surface area (Å²) in [7, 11) is 0. The molecule has 2 heteroatoms. The lowest BCUT2D eigenvalue weighted by molar-refractivity contribution is 0.521. The topological polar surface area (TPSA) is 29.1 Å². The second kappa shape index (κ2) is 2.97.